The molecule has 0 bridgehead atoms. The Bertz CT molecular complexity index is 446. The Labute approximate surface area is 121 Å². The number of rotatable bonds is 3. The summed E-state index contributed by atoms with van der Waals surface area (Å²) in [5.41, 5.74) is 1.31. The minimum Gasteiger partial charge on any atom is -0.493 e. The lowest BCUT2D eigenvalue weighted by molar-refractivity contribution is -0.0266. The third-order valence-corrected chi connectivity index (χ3v) is 4.45. The molecule has 3 heteroatoms. The van der Waals surface area contributed by atoms with Crippen molar-refractivity contribution in [3.63, 3.8) is 0 Å². The Kier molecular flexibility index (Phi) is 4.27. The van der Waals surface area contributed by atoms with E-state index >= 15 is 0 Å². The zero-order chi connectivity index (χ0) is 13.9. The molecule has 0 amide bonds. The number of benzene rings is 1. The van der Waals surface area contributed by atoms with Gasteiger partial charge in [-0.1, -0.05) is 32.0 Å². The first kappa shape index (κ1) is 13.9. The van der Waals surface area contributed by atoms with Gasteiger partial charge in [-0.15, -0.1) is 0 Å². The Balaban J connectivity index is 1.66. The van der Waals surface area contributed by atoms with Crippen molar-refractivity contribution in [2.24, 2.45) is 5.92 Å². The first-order chi connectivity index (χ1) is 9.74. The molecule has 2 aliphatic heterocycles. The van der Waals surface area contributed by atoms with Gasteiger partial charge in [0, 0.05) is 30.7 Å². The maximum absolute atomic E-state index is 5.86. The highest BCUT2D eigenvalue weighted by molar-refractivity contribution is 5.37. The molecule has 3 unspecified atom stereocenters. The third kappa shape index (κ3) is 2.99. The summed E-state index contributed by atoms with van der Waals surface area (Å²) >= 11 is 0. The molecular weight excluding hydrogens is 250 g/mol. The number of para-hydroxylation sites is 1. The molecular formula is C17H25NO2. The van der Waals surface area contributed by atoms with Gasteiger partial charge in [-0.2, -0.15) is 0 Å². The van der Waals surface area contributed by atoms with Gasteiger partial charge in [-0.3, -0.25) is 0 Å². The van der Waals surface area contributed by atoms with Crippen LogP contribution in [0.15, 0.2) is 24.3 Å². The smallest absolute Gasteiger partial charge is 0.124 e. The van der Waals surface area contributed by atoms with Crippen LogP contribution in [0.4, 0.5) is 0 Å². The van der Waals surface area contributed by atoms with Crippen LogP contribution in [0.2, 0.25) is 0 Å². The number of ether oxygens (including phenoxy) is 2. The molecule has 1 aromatic rings. The molecule has 3 atom stereocenters. The van der Waals surface area contributed by atoms with Gasteiger partial charge in [0.2, 0.25) is 0 Å². The second-order valence-electron chi connectivity index (χ2n) is 6.27. The summed E-state index contributed by atoms with van der Waals surface area (Å²) in [6.07, 6.45) is 3.69. The van der Waals surface area contributed by atoms with Crippen molar-refractivity contribution in [2.75, 3.05) is 13.2 Å². The Hall–Kier alpha value is -1.06. The quantitative estimate of drug-likeness (QED) is 0.918. The summed E-state index contributed by atoms with van der Waals surface area (Å²) in [7, 11) is 0. The van der Waals surface area contributed by atoms with Crippen LogP contribution in [-0.4, -0.2) is 25.4 Å². The molecule has 2 heterocycles. The van der Waals surface area contributed by atoms with Crippen LogP contribution in [0.5, 0.6) is 5.75 Å². The van der Waals surface area contributed by atoms with E-state index in [2.05, 4.69) is 37.4 Å². The first-order valence-electron chi connectivity index (χ1n) is 7.83. The van der Waals surface area contributed by atoms with Crippen LogP contribution in [-0.2, 0) is 4.74 Å². The second-order valence-corrected chi connectivity index (χ2v) is 6.27. The molecule has 0 aromatic heterocycles. The van der Waals surface area contributed by atoms with Crippen LogP contribution in [0.25, 0.3) is 0 Å². The maximum atomic E-state index is 5.86. The van der Waals surface area contributed by atoms with Crippen LogP contribution >= 0.6 is 0 Å². The average molecular weight is 275 g/mol. The summed E-state index contributed by atoms with van der Waals surface area (Å²) in [5, 5.41) is 3.84. The van der Waals surface area contributed by atoms with Gasteiger partial charge in [0.05, 0.1) is 12.7 Å². The molecule has 0 spiro atoms. The monoisotopic (exact) mass is 275 g/mol. The molecule has 1 N–H and O–H groups in total. The lowest BCUT2D eigenvalue weighted by Gasteiger charge is -2.36. The number of hydrogen-bond donors (Lipinski definition) is 1. The van der Waals surface area contributed by atoms with Crippen molar-refractivity contribution < 1.29 is 9.47 Å². The zero-order valence-corrected chi connectivity index (χ0v) is 12.5. The molecule has 0 saturated carbocycles. The number of hydrogen-bond acceptors (Lipinski definition) is 3. The molecule has 0 radical (unpaired) electrons. The fourth-order valence-corrected chi connectivity index (χ4v) is 3.24. The predicted octanol–water partition coefficient (Wildman–Crippen LogP) is 3.30. The molecule has 2 aliphatic rings. The second kappa shape index (κ2) is 6.15. The molecule has 3 nitrogen and oxygen atoms in total. The lowest BCUT2D eigenvalue weighted by Crippen LogP contribution is -2.43. The van der Waals surface area contributed by atoms with Gasteiger partial charge >= 0.3 is 0 Å². The van der Waals surface area contributed by atoms with E-state index < -0.39 is 0 Å². The van der Waals surface area contributed by atoms with Crippen molar-refractivity contribution in [2.45, 2.75) is 51.3 Å². The van der Waals surface area contributed by atoms with Crippen LogP contribution < -0.4 is 10.1 Å². The topological polar surface area (TPSA) is 30.5 Å². The highest BCUT2D eigenvalue weighted by atomic mass is 16.5. The van der Waals surface area contributed by atoms with E-state index in [1.54, 1.807) is 0 Å². The van der Waals surface area contributed by atoms with E-state index in [0.717, 1.165) is 38.2 Å². The Morgan fingerprint density at radius 1 is 1.15 bits per heavy atom. The van der Waals surface area contributed by atoms with Crippen molar-refractivity contribution in [3.05, 3.63) is 29.8 Å². The van der Waals surface area contributed by atoms with E-state index in [4.69, 9.17) is 9.47 Å². The van der Waals surface area contributed by atoms with Gasteiger partial charge in [-0.25, -0.2) is 0 Å². The summed E-state index contributed by atoms with van der Waals surface area (Å²) in [6, 6.07) is 9.39. The van der Waals surface area contributed by atoms with Crippen molar-refractivity contribution in [1.82, 2.24) is 5.32 Å². The van der Waals surface area contributed by atoms with Gasteiger partial charge in [0.25, 0.3) is 0 Å². The van der Waals surface area contributed by atoms with Crippen molar-refractivity contribution >= 4 is 0 Å². The summed E-state index contributed by atoms with van der Waals surface area (Å²) in [4.78, 5) is 0. The minimum absolute atomic E-state index is 0.399. The Morgan fingerprint density at radius 2 is 2.00 bits per heavy atom. The molecule has 0 aliphatic carbocycles. The standard InChI is InChI=1S/C17H25NO2/c1-12(2)17-11-13(7-9-20-17)18-15-8-10-19-16-6-4-3-5-14(15)16/h3-6,12-13,15,17-18H,7-11H2,1-2H3. The molecule has 110 valence electrons. The summed E-state index contributed by atoms with van der Waals surface area (Å²) < 4.78 is 11.6. The van der Waals surface area contributed by atoms with E-state index in [1.165, 1.54) is 5.56 Å². The van der Waals surface area contributed by atoms with Crippen LogP contribution in [0.1, 0.15) is 44.7 Å². The normalized spacial score (nSPS) is 29.9. The van der Waals surface area contributed by atoms with Gasteiger partial charge < -0.3 is 14.8 Å². The molecule has 1 aromatic carbocycles. The predicted molar refractivity (Wildman–Crippen MR) is 80.0 cm³/mol. The highest BCUT2D eigenvalue weighted by Crippen LogP contribution is 2.33. The maximum Gasteiger partial charge on any atom is 0.124 e. The third-order valence-electron chi connectivity index (χ3n) is 4.45. The van der Waals surface area contributed by atoms with Crippen LogP contribution in [0, 0.1) is 5.92 Å². The Morgan fingerprint density at radius 3 is 2.85 bits per heavy atom. The van der Waals surface area contributed by atoms with E-state index in [9.17, 15) is 0 Å². The van der Waals surface area contributed by atoms with Crippen molar-refractivity contribution in [3.8, 4) is 5.75 Å². The first-order valence-corrected chi connectivity index (χ1v) is 7.83. The van der Waals surface area contributed by atoms with Crippen molar-refractivity contribution in [1.29, 1.82) is 0 Å². The average Bonchev–Trinajstić information content (AvgIpc) is 2.48. The fraction of sp³-hybridized carbons (Fsp3) is 0.647. The number of nitrogens with one attached hydrogen (secondary N) is 1. The van der Waals surface area contributed by atoms with E-state index in [1.807, 2.05) is 6.07 Å². The van der Waals surface area contributed by atoms with E-state index in [-0.39, 0.29) is 0 Å². The largest absolute Gasteiger partial charge is 0.493 e. The highest BCUT2D eigenvalue weighted by Gasteiger charge is 2.28. The van der Waals surface area contributed by atoms with Gasteiger partial charge in [0.1, 0.15) is 5.75 Å². The molecule has 1 fully saturated rings. The van der Waals surface area contributed by atoms with Crippen LogP contribution in [0.3, 0.4) is 0 Å². The lowest BCUT2D eigenvalue weighted by atomic mass is 9.93. The molecule has 3 rings (SSSR count). The van der Waals surface area contributed by atoms with E-state index in [0.29, 0.717) is 24.1 Å². The minimum atomic E-state index is 0.399. The number of fused-ring (bicyclic) bond motifs is 1. The SMILES string of the molecule is CC(C)C1CC(NC2CCOc3ccccc32)CCO1. The van der Waals surface area contributed by atoms with Gasteiger partial charge in [-0.05, 0) is 24.8 Å². The summed E-state index contributed by atoms with van der Waals surface area (Å²) in [5.74, 6) is 1.64. The summed E-state index contributed by atoms with van der Waals surface area (Å²) in [6.45, 7) is 6.19. The molecule has 20 heavy (non-hydrogen) atoms. The van der Waals surface area contributed by atoms with Gasteiger partial charge in [0.15, 0.2) is 0 Å². The molecule has 1 saturated heterocycles. The zero-order valence-electron chi connectivity index (χ0n) is 12.5. The fourth-order valence-electron chi connectivity index (χ4n) is 3.24.